The van der Waals surface area contributed by atoms with Gasteiger partial charge in [0.1, 0.15) is 11.6 Å². The zero-order valence-electron chi connectivity index (χ0n) is 11.5. The van der Waals surface area contributed by atoms with Crippen molar-refractivity contribution < 1.29 is 8.78 Å². The molecule has 0 aliphatic rings. The van der Waals surface area contributed by atoms with Crippen LogP contribution in [0.2, 0.25) is 0 Å². The van der Waals surface area contributed by atoms with Crippen LogP contribution in [0.25, 0.3) is 0 Å². The summed E-state index contributed by atoms with van der Waals surface area (Å²) in [5.41, 5.74) is 0.820. The average molecular weight is 255 g/mol. The number of rotatable bonds is 7. The number of halogens is 2. The van der Waals surface area contributed by atoms with Crippen LogP contribution in [-0.2, 0) is 0 Å². The SMILES string of the molecule is CCCCC(NCCC)c1cc(F)c(C)cc1F. The zero-order valence-corrected chi connectivity index (χ0v) is 11.5. The van der Waals surface area contributed by atoms with Crippen molar-refractivity contribution in [3.63, 3.8) is 0 Å². The Labute approximate surface area is 109 Å². The molecule has 0 aliphatic heterocycles. The van der Waals surface area contributed by atoms with Gasteiger partial charge >= 0.3 is 0 Å². The highest BCUT2D eigenvalue weighted by atomic mass is 19.1. The molecule has 1 aromatic rings. The largest absolute Gasteiger partial charge is 0.310 e. The van der Waals surface area contributed by atoms with Crippen LogP contribution in [-0.4, -0.2) is 6.54 Å². The minimum absolute atomic E-state index is 0.0833. The van der Waals surface area contributed by atoms with Gasteiger partial charge in [-0.2, -0.15) is 0 Å². The van der Waals surface area contributed by atoms with E-state index in [1.807, 2.05) is 0 Å². The maximum atomic E-state index is 13.9. The zero-order chi connectivity index (χ0) is 13.5. The Bertz CT molecular complexity index is 369. The fraction of sp³-hybridized carbons (Fsp3) is 0.600. The van der Waals surface area contributed by atoms with E-state index in [0.29, 0.717) is 11.1 Å². The van der Waals surface area contributed by atoms with Gasteiger partial charge in [0.15, 0.2) is 0 Å². The van der Waals surface area contributed by atoms with Crippen molar-refractivity contribution in [1.82, 2.24) is 5.32 Å². The van der Waals surface area contributed by atoms with E-state index in [-0.39, 0.29) is 17.7 Å². The maximum absolute atomic E-state index is 13.9. The lowest BCUT2D eigenvalue weighted by Gasteiger charge is -2.20. The van der Waals surface area contributed by atoms with Crippen molar-refractivity contribution in [2.75, 3.05) is 6.54 Å². The Morgan fingerprint density at radius 1 is 1.11 bits per heavy atom. The van der Waals surface area contributed by atoms with Gasteiger partial charge in [0, 0.05) is 11.6 Å². The summed E-state index contributed by atoms with van der Waals surface area (Å²) >= 11 is 0. The van der Waals surface area contributed by atoms with Crippen molar-refractivity contribution in [1.29, 1.82) is 0 Å². The molecule has 1 unspecified atom stereocenters. The maximum Gasteiger partial charge on any atom is 0.128 e. The first-order valence-corrected chi connectivity index (χ1v) is 6.79. The standard InChI is InChI=1S/C15H23F2N/c1-4-6-7-15(18-8-5-2)12-10-13(16)11(3)9-14(12)17/h9-10,15,18H,4-8H2,1-3H3. The number of aryl methyl sites for hydroxylation is 1. The minimum Gasteiger partial charge on any atom is -0.310 e. The van der Waals surface area contributed by atoms with Gasteiger partial charge in [-0.25, -0.2) is 8.78 Å². The molecule has 0 aliphatic carbocycles. The second-order valence-electron chi connectivity index (χ2n) is 4.77. The molecule has 1 nitrogen and oxygen atoms in total. The summed E-state index contributed by atoms with van der Waals surface area (Å²) in [4.78, 5) is 0. The van der Waals surface area contributed by atoms with Crippen LogP contribution in [0, 0.1) is 18.6 Å². The Morgan fingerprint density at radius 3 is 2.44 bits per heavy atom. The summed E-state index contributed by atoms with van der Waals surface area (Å²) in [6.07, 6.45) is 3.89. The normalized spacial score (nSPS) is 12.7. The molecule has 1 N–H and O–H groups in total. The molecule has 0 aromatic heterocycles. The molecular formula is C15H23F2N. The van der Waals surface area contributed by atoms with Crippen LogP contribution >= 0.6 is 0 Å². The third kappa shape index (κ3) is 4.05. The second kappa shape index (κ2) is 7.47. The van der Waals surface area contributed by atoms with Crippen LogP contribution in [0.4, 0.5) is 8.78 Å². The van der Waals surface area contributed by atoms with Crippen molar-refractivity contribution in [3.8, 4) is 0 Å². The second-order valence-corrected chi connectivity index (χ2v) is 4.77. The van der Waals surface area contributed by atoms with Crippen LogP contribution in [0.5, 0.6) is 0 Å². The van der Waals surface area contributed by atoms with Crippen molar-refractivity contribution in [2.45, 2.75) is 52.5 Å². The minimum atomic E-state index is -0.328. The molecule has 0 spiro atoms. The summed E-state index contributed by atoms with van der Waals surface area (Å²) in [5.74, 6) is -0.634. The molecule has 0 amide bonds. The third-order valence-corrected chi connectivity index (χ3v) is 3.14. The molecule has 102 valence electrons. The first-order chi connectivity index (χ1) is 8.60. The Morgan fingerprint density at radius 2 is 1.83 bits per heavy atom. The number of benzene rings is 1. The Kier molecular flexibility index (Phi) is 6.27. The highest BCUT2D eigenvalue weighted by molar-refractivity contribution is 5.27. The lowest BCUT2D eigenvalue weighted by molar-refractivity contribution is 0.455. The van der Waals surface area contributed by atoms with Gasteiger partial charge in [0.25, 0.3) is 0 Å². The molecular weight excluding hydrogens is 232 g/mol. The molecule has 1 aromatic carbocycles. The van der Waals surface area contributed by atoms with Gasteiger partial charge in [-0.1, -0.05) is 26.7 Å². The molecule has 3 heteroatoms. The number of unbranched alkanes of at least 4 members (excludes halogenated alkanes) is 1. The molecule has 18 heavy (non-hydrogen) atoms. The monoisotopic (exact) mass is 255 g/mol. The Balaban J connectivity index is 2.92. The first kappa shape index (κ1) is 15.1. The molecule has 1 rings (SSSR count). The lowest BCUT2D eigenvalue weighted by atomic mass is 9.99. The molecule has 0 fully saturated rings. The van der Waals surface area contributed by atoms with E-state index < -0.39 is 0 Å². The number of hydrogen-bond donors (Lipinski definition) is 1. The molecule has 0 saturated carbocycles. The van der Waals surface area contributed by atoms with Gasteiger partial charge < -0.3 is 5.32 Å². The Hall–Kier alpha value is -0.960. The van der Waals surface area contributed by atoms with Crippen molar-refractivity contribution in [3.05, 3.63) is 34.9 Å². The average Bonchev–Trinajstić information content (AvgIpc) is 2.35. The summed E-state index contributed by atoms with van der Waals surface area (Å²) in [5, 5.41) is 3.30. The van der Waals surface area contributed by atoms with Gasteiger partial charge in [-0.15, -0.1) is 0 Å². The third-order valence-electron chi connectivity index (χ3n) is 3.14. The predicted octanol–water partition coefficient (Wildman–Crippen LogP) is 4.50. The van der Waals surface area contributed by atoms with Crippen molar-refractivity contribution >= 4 is 0 Å². The molecule has 0 bridgehead atoms. The smallest absolute Gasteiger partial charge is 0.128 e. The summed E-state index contributed by atoms with van der Waals surface area (Å²) in [6.45, 7) is 6.57. The molecule has 0 saturated heterocycles. The van der Waals surface area contributed by atoms with E-state index in [1.165, 1.54) is 12.1 Å². The summed E-state index contributed by atoms with van der Waals surface area (Å²) in [7, 11) is 0. The fourth-order valence-electron chi connectivity index (χ4n) is 2.02. The van der Waals surface area contributed by atoms with Crippen LogP contribution in [0.1, 0.15) is 56.7 Å². The van der Waals surface area contributed by atoms with Crippen LogP contribution < -0.4 is 5.32 Å². The first-order valence-electron chi connectivity index (χ1n) is 6.79. The van der Waals surface area contributed by atoms with Crippen molar-refractivity contribution in [2.24, 2.45) is 0 Å². The highest BCUT2D eigenvalue weighted by Gasteiger charge is 2.16. The molecule has 1 atom stereocenters. The topological polar surface area (TPSA) is 12.0 Å². The van der Waals surface area contributed by atoms with Crippen LogP contribution in [0.15, 0.2) is 12.1 Å². The summed E-state index contributed by atoms with van der Waals surface area (Å²) < 4.78 is 27.5. The molecule has 0 radical (unpaired) electrons. The molecule has 0 heterocycles. The van der Waals surface area contributed by atoms with E-state index in [9.17, 15) is 8.78 Å². The van der Waals surface area contributed by atoms with Crippen LogP contribution in [0.3, 0.4) is 0 Å². The van der Waals surface area contributed by atoms with Gasteiger partial charge in [0.05, 0.1) is 0 Å². The highest BCUT2D eigenvalue weighted by Crippen LogP contribution is 2.24. The number of hydrogen-bond acceptors (Lipinski definition) is 1. The quantitative estimate of drug-likeness (QED) is 0.756. The van der Waals surface area contributed by atoms with Gasteiger partial charge in [-0.05, 0) is 44.0 Å². The number of nitrogens with one attached hydrogen (secondary N) is 1. The van der Waals surface area contributed by atoms with E-state index >= 15 is 0 Å². The summed E-state index contributed by atoms with van der Waals surface area (Å²) in [6, 6.07) is 2.55. The fourth-order valence-corrected chi connectivity index (χ4v) is 2.02. The van der Waals surface area contributed by atoms with E-state index in [0.717, 1.165) is 32.2 Å². The lowest BCUT2D eigenvalue weighted by Crippen LogP contribution is -2.23. The van der Waals surface area contributed by atoms with Gasteiger partial charge in [0.2, 0.25) is 0 Å². The van der Waals surface area contributed by atoms with Gasteiger partial charge in [-0.3, -0.25) is 0 Å². The van der Waals surface area contributed by atoms with E-state index in [4.69, 9.17) is 0 Å². The van der Waals surface area contributed by atoms with E-state index in [2.05, 4.69) is 19.2 Å². The van der Waals surface area contributed by atoms with E-state index in [1.54, 1.807) is 6.92 Å². The predicted molar refractivity (Wildman–Crippen MR) is 71.7 cm³/mol.